The molecule has 1 fully saturated rings. The third kappa shape index (κ3) is 10.2. The Morgan fingerprint density at radius 1 is 1.24 bits per heavy atom. The zero-order valence-corrected chi connectivity index (χ0v) is 25.5. The Hall–Kier alpha value is -0.0131. The molecule has 8 nitrogen and oxygen atoms in total. The third-order valence-corrected chi connectivity index (χ3v) is 9.56. The Balaban J connectivity index is 1.99. The molecule has 0 aromatic carbocycles. The molecule has 1 aromatic rings. The molecule has 2 atom stereocenters. The lowest BCUT2D eigenvalue weighted by Crippen LogP contribution is -2.42. The molecule has 198 valence electrons. The lowest BCUT2D eigenvalue weighted by Gasteiger charge is -2.28. The first-order valence-electron chi connectivity index (χ1n) is 12.5. The second-order valence-corrected chi connectivity index (χ2v) is 19.5. The highest BCUT2D eigenvalue weighted by Gasteiger charge is 2.34. The van der Waals surface area contributed by atoms with E-state index in [1.165, 1.54) is 0 Å². The first-order chi connectivity index (χ1) is 15.9. The summed E-state index contributed by atoms with van der Waals surface area (Å²) in [5.74, 6) is 0.355. The van der Waals surface area contributed by atoms with Gasteiger partial charge in [-0.05, 0) is 62.0 Å². The Kier molecular flexibility index (Phi) is 12.0. The number of unbranched alkanes of at least 4 members (excludes halogenated alkanes) is 2. The van der Waals surface area contributed by atoms with E-state index < -0.39 is 25.2 Å². The average molecular weight is 582 g/mol. The van der Waals surface area contributed by atoms with Crippen LogP contribution in [-0.4, -0.2) is 57.7 Å². The van der Waals surface area contributed by atoms with Crippen molar-refractivity contribution in [2.45, 2.75) is 115 Å². The van der Waals surface area contributed by atoms with Crippen molar-refractivity contribution < 1.29 is 18.8 Å². The first kappa shape index (κ1) is 30.2. The van der Waals surface area contributed by atoms with Gasteiger partial charge in [0.05, 0.1) is 13.2 Å². The van der Waals surface area contributed by atoms with Gasteiger partial charge in [-0.15, -0.1) is 9.82 Å². The number of nitrogens with zero attached hydrogens (tertiary/aromatic N) is 3. The molecule has 1 N–H and O–H groups in total. The fraction of sp³-hybridized carbons (Fsp3) is 0.913. The van der Waals surface area contributed by atoms with Crippen LogP contribution in [0.1, 0.15) is 78.1 Å². The van der Waals surface area contributed by atoms with E-state index in [1.54, 1.807) is 4.68 Å². The van der Waals surface area contributed by atoms with Crippen LogP contribution in [0.3, 0.4) is 0 Å². The number of ether oxygens (including phenoxy) is 3. The largest absolute Gasteiger partial charge is 0.598 e. The highest BCUT2D eigenvalue weighted by atomic mass is 79.9. The van der Waals surface area contributed by atoms with Crippen molar-refractivity contribution in [3.63, 3.8) is 0 Å². The van der Waals surface area contributed by atoms with E-state index in [0.29, 0.717) is 31.3 Å². The summed E-state index contributed by atoms with van der Waals surface area (Å²) < 4.78 is 35.8. The Bertz CT molecular complexity index is 736. The number of aromatic nitrogens is 3. The standard InChI is InChI=1S/C23H45BrN4O4SSi/c1-8-23(31-14-15-32-23)13-11-9-10-12-19(27-33(29)22(2,3)4)20-25-21(24)26-28(20)18-30-16-17-34(5,6)7/h19,27H,8-18H2,1-7H3/t19-,33+/m0/s1. The van der Waals surface area contributed by atoms with Crippen molar-refractivity contribution >= 4 is 35.4 Å². The van der Waals surface area contributed by atoms with Gasteiger partial charge in [0.15, 0.2) is 11.6 Å². The van der Waals surface area contributed by atoms with Gasteiger partial charge in [-0.25, -0.2) is 9.67 Å². The summed E-state index contributed by atoms with van der Waals surface area (Å²) in [6.07, 6.45) is 5.62. The second kappa shape index (κ2) is 13.5. The van der Waals surface area contributed by atoms with Gasteiger partial charge < -0.3 is 18.8 Å². The smallest absolute Gasteiger partial charge is 0.217 e. The van der Waals surface area contributed by atoms with Gasteiger partial charge in [-0.2, -0.15) is 0 Å². The molecule has 1 saturated heterocycles. The molecule has 34 heavy (non-hydrogen) atoms. The minimum atomic E-state index is -1.22. The predicted octanol–water partition coefficient (Wildman–Crippen LogP) is 5.55. The first-order valence-corrected chi connectivity index (χ1v) is 18.1. The molecular weight excluding hydrogens is 536 g/mol. The van der Waals surface area contributed by atoms with E-state index in [2.05, 4.69) is 57.3 Å². The Labute approximate surface area is 218 Å². The lowest BCUT2D eigenvalue weighted by atomic mass is 10.0. The van der Waals surface area contributed by atoms with Crippen LogP contribution in [0, 0.1) is 0 Å². The van der Waals surface area contributed by atoms with E-state index in [-0.39, 0.29) is 10.8 Å². The van der Waals surface area contributed by atoms with Crippen LogP contribution in [0.25, 0.3) is 0 Å². The molecule has 2 heterocycles. The number of nitrogens with one attached hydrogen (secondary N) is 1. The summed E-state index contributed by atoms with van der Waals surface area (Å²) in [5.41, 5.74) is 0. The monoisotopic (exact) mass is 580 g/mol. The maximum atomic E-state index is 13.0. The minimum absolute atomic E-state index is 0.182. The van der Waals surface area contributed by atoms with Gasteiger partial charge >= 0.3 is 0 Å². The molecule has 0 unspecified atom stereocenters. The quantitative estimate of drug-likeness (QED) is 0.165. The number of hydrogen-bond donors (Lipinski definition) is 1. The topological polar surface area (TPSA) is 93.5 Å². The van der Waals surface area contributed by atoms with Crippen LogP contribution < -0.4 is 4.72 Å². The number of rotatable bonds is 15. The molecular formula is C23H45BrN4O4SSi. The van der Waals surface area contributed by atoms with Crippen LogP contribution in [0.5, 0.6) is 0 Å². The van der Waals surface area contributed by atoms with Crippen LogP contribution in [0.4, 0.5) is 0 Å². The molecule has 1 aliphatic rings. The molecule has 0 bridgehead atoms. The van der Waals surface area contributed by atoms with Gasteiger partial charge in [-0.3, -0.25) is 0 Å². The Morgan fingerprint density at radius 3 is 2.50 bits per heavy atom. The summed E-state index contributed by atoms with van der Waals surface area (Å²) in [7, 11) is -1.16. The molecule has 11 heteroatoms. The summed E-state index contributed by atoms with van der Waals surface area (Å²) >= 11 is 2.19. The minimum Gasteiger partial charge on any atom is -0.598 e. The fourth-order valence-corrected chi connectivity index (χ4v) is 5.66. The van der Waals surface area contributed by atoms with Crippen molar-refractivity contribution in [2.24, 2.45) is 0 Å². The van der Waals surface area contributed by atoms with Crippen molar-refractivity contribution in [1.82, 2.24) is 19.5 Å². The molecule has 0 aliphatic carbocycles. The molecule has 2 rings (SSSR count). The second-order valence-electron chi connectivity index (χ2n) is 11.2. The van der Waals surface area contributed by atoms with Crippen LogP contribution in [-0.2, 0) is 32.3 Å². The van der Waals surface area contributed by atoms with Crippen LogP contribution in [0.2, 0.25) is 25.7 Å². The van der Waals surface area contributed by atoms with Crippen molar-refractivity contribution in [3.8, 4) is 0 Å². The summed E-state index contributed by atoms with van der Waals surface area (Å²) in [4.78, 5) is 4.62. The van der Waals surface area contributed by atoms with Crippen LogP contribution in [0.15, 0.2) is 4.73 Å². The van der Waals surface area contributed by atoms with Gasteiger partial charge in [-0.1, -0.05) is 39.4 Å². The van der Waals surface area contributed by atoms with E-state index in [1.807, 2.05) is 20.8 Å². The van der Waals surface area contributed by atoms with Crippen molar-refractivity contribution in [3.05, 3.63) is 10.6 Å². The molecule has 0 amide bonds. The summed E-state index contributed by atoms with van der Waals surface area (Å²) in [6.45, 7) is 17.5. The van der Waals surface area contributed by atoms with Gasteiger partial charge in [0.1, 0.15) is 17.5 Å². The maximum Gasteiger partial charge on any atom is 0.217 e. The zero-order chi connectivity index (χ0) is 25.4. The molecule has 0 saturated carbocycles. The van der Waals surface area contributed by atoms with Gasteiger partial charge in [0, 0.05) is 32.5 Å². The third-order valence-electron chi connectivity index (χ3n) is 5.90. The molecule has 1 aliphatic heterocycles. The normalized spacial score (nSPS) is 18.4. The van der Waals surface area contributed by atoms with E-state index in [0.717, 1.165) is 50.4 Å². The maximum absolute atomic E-state index is 13.0. The molecule has 1 aromatic heterocycles. The molecule has 0 radical (unpaired) electrons. The van der Waals surface area contributed by atoms with Crippen LogP contribution >= 0.6 is 15.9 Å². The SMILES string of the molecule is CCC1(CCCCC[C@H](N[S@+]([O-])C(C)(C)C)c2nc(Br)nn2COCC[Si](C)(C)C)OCCO1. The predicted molar refractivity (Wildman–Crippen MR) is 144 cm³/mol. The Morgan fingerprint density at radius 2 is 1.91 bits per heavy atom. The van der Waals surface area contributed by atoms with Gasteiger partial charge in [0.25, 0.3) is 0 Å². The van der Waals surface area contributed by atoms with E-state index in [4.69, 9.17) is 14.2 Å². The summed E-state index contributed by atoms with van der Waals surface area (Å²) in [5, 5.41) is 4.49. The van der Waals surface area contributed by atoms with E-state index >= 15 is 0 Å². The number of hydrogen-bond acceptors (Lipinski definition) is 7. The fourth-order valence-electron chi connectivity index (χ4n) is 3.70. The van der Waals surface area contributed by atoms with Gasteiger partial charge in [0.2, 0.25) is 4.73 Å². The lowest BCUT2D eigenvalue weighted by molar-refractivity contribution is -0.164. The van der Waals surface area contributed by atoms with Crippen molar-refractivity contribution in [1.29, 1.82) is 0 Å². The zero-order valence-electron chi connectivity index (χ0n) is 22.1. The highest BCUT2D eigenvalue weighted by molar-refractivity contribution is 9.10. The van der Waals surface area contributed by atoms with E-state index in [9.17, 15) is 4.55 Å². The average Bonchev–Trinajstić information content (AvgIpc) is 3.35. The summed E-state index contributed by atoms with van der Waals surface area (Å²) in [6, 6.07) is 0.916. The number of halogens is 1. The highest BCUT2D eigenvalue weighted by Crippen LogP contribution is 2.30. The van der Waals surface area contributed by atoms with Crippen molar-refractivity contribution in [2.75, 3.05) is 19.8 Å². The molecule has 0 spiro atoms.